The lowest BCUT2D eigenvalue weighted by Gasteiger charge is -2.18. The molecule has 0 radical (unpaired) electrons. The second-order valence-electron chi connectivity index (χ2n) is 7.42. The number of nitrogens with zero attached hydrogens (tertiary/aromatic N) is 3. The number of rotatable bonds is 7. The average molecular weight is 377 g/mol. The molecule has 5 nitrogen and oxygen atoms in total. The van der Waals surface area contributed by atoms with Gasteiger partial charge in [-0.2, -0.15) is 0 Å². The monoisotopic (exact) mass is 377 g/mol. The number of aryl methyl sites for hydroxylation is 1. The first-order valence-corrected chi connectivity index (χ1v) is 10.1. The van der Waals surface area contributed by atoms with E-state index in [2.05, 4.69) is 29.7 Å². The molecule has 3 aromatic rings. The molecule has 5 heteroatoms. The van der Waals surface area contributed by atoms with Crippen LogP contribution in [0.5, 0.6) is 5.75 Å². The fourth-order valence-corrected chi connectivity index (χ4v) is 4.05. The third-order valence-corrected chi connectivity index (χ3v) is 5.54. The van der Waals surface area contributed by atoms with E-state index >= 15 is 0 Å². The highest BCUT2D eigenvalue weighted by Crippen LogP contribution is 2.34. The number of imidazole rings is 1. The number of anilines is 1. The van der Waals surface area contributed by atoms with Crippen LogP contribution in [0.25, 0.3) is 11.0 Å². The molecule has 1 aliphatic heterocycles. The summed E-state index contributed by atoms with van der Waals surface area (Å²) in [5, 5.41) is 0. The second-order valence-corrected chi connectivity index (χ2v) is 7.42. The largest absolute Gasteiger partial charge is 0.497 e. The van der Waals surface area contributed by atoms with E-state index in [1.807, 2.05) is 35.2 Å². The Balaban J connectivity index is 1.62. The second kappa shape index (κ2) is 8.05. The number of carbonyl (C=O) groups is 1. The summed E-state index contributed by atoms with van der Waals surface area (Å²) < 4.78 is 7.56. The van der Waals surface area contributed by atoms with Crippen LogP contribution in [-0.4, -0.2) is 29.1 Å². The first-order valence-electron chi connectivity index (χ1n) is 10.1. The van der Waals surface area contributed by atoms with E-state index in [4.69, 9.17) is 9.72 Å². The molecule has 1 fully saturated rings. The highest BCUT2D eigenvalue weighted by atomic mass is 16.5. The van der Waals surface area contributed by atoms with Crippen molar-refractivity contribution in [2.45, 2.75) is 45.1 Å². The smallest absolute Gasteiger partial charge is 0.227 e. The predicted octanol–water partition coefficient (Wildman–Crippen LogP) is 4.76. The van der Waals surface area contributed by atoms with Gasteiger partial charge in [0.2, 0.25) is 5.91 Å². The number of hydrogen-bond acceptors (Lipinski definition) is 3. The Labute approximate surface area is 165 Å². The normalized spacial score (nSPS) is 16.9. The fourth-order valence-electron chi connectivity index (χ4n) is 4.05. The van der Waals surface area contributed by atoms with Crippen LogP contribution in [0.2, 0.25) is 0 Å². The number of unbranched alkanes of at least 4 members (excludes halogenated alkanes) is 2. The van der Waals surface area contributed by atoms with Gasteiger partial charge in [-0.05, 0) is 42.8 Å². The molecule has 0 saturated carbocycles. The average Bonchev–Trinajstić information content (AvgIpc) is 3.29. The van der Waals surface area contributed by atoms with Gasteiger partial charge in [-0.25, -0.2) is 4.98 Å². The maximum atomic E-state index is 12.8. The molecule has 1 aromatic heterocycles. The number of fused-ring (bicyclic) bond motifs is 1. The summed E-state index contributed by atoms with van der Waals surface area (Å²) in [6.07, 6.45) is 4.03. The van der Waals surface area contributed by atoms with Gasteiger partial charge in [0.1, 0.15) is 11.6 Å². The number of para-hydroxylation sites is 2. The minimum absolute atomic E-state index is 0.114. The number of methoxy groups -OCH3 is 1. The summed E-state index contributed by atoms with van der Waals surface area (Å²) in [7, 11) is 1.65. The first-order chi connectivity index (χ1) is 13.7. The topological polar surface area (TPSA) is 47.4 Å². The lowest BCUT2D eigenvalue weighted by molar-refractivity contribution is -0.117. The summed E-state index contributed by atoms with van der Waals surface area (Å²) in [5.41, 5.74) is 3.11. The van der Waals surface area contributed by atoms with Gasteiger partial charge in [-0.1, -0.05) is 31.9 Å². The predicted molar refractivity (Wildman–Crippen MR) is 112 cm³/mol. The number of carbonyl (C=O) groups excluding carboxylic acids is 1. The summed E-state index contributed by atoms with van der Waals surface area (Å²) in [6, 6.07) is 16.0. The van der Waals surface area contributed by atoms with E-state index in [-0.39, 0.29) is 11.8 Å². The standard InChI is InChI=1S/C23H27N3O2/c1-3-4-7-14-25-21-9-6-5-8-20(21)24-23(25)17-15-22(27)26(16-17)18-10-12-19(28-2)13-11-18/h5-6,8-13,17H,3-4,7,14-16H2,1-2H3/t17-/m0/s1. The molecule has 0 spiro atoms. The van der Waals surface area contributed by atoms with E-state index in [0.717, 1.165) is 35.7 Å². The third kappa shape index (κ3) is 3.49. The Morgan fingerprint density at radius 3 is 2.64 bits per heavy atom. The molecule has 0 aliphatic carbocycles. The van der Waals surface area contributed by atoms with Crippen molar-refractivity contribution in [1.82, 2.24) is 9.55 Å². The summed E-state index contributed by atoms with van der Waals surface area (Å²) in [5.74, 6) is 2.11. The molecule has 0 N–H and O–H groups in total. The van der Waals surface area contributed by atoms with Gasteiger partial charge in [-0.3, -0.25) is 4.79 Å². The minimum atomic E-state index is 0.114. The van der Waals surface area contributed by atoms with Crippen molar-refractivity contribution >= 4 is 22.6 Å². The van der Waals surface area contributed by atoms with Crippen molar-refractivity contribution in [2.75, 3.05) is 18.6 Å². The van der Waals surface area contributed by atoms with E-state index in [1.165, 1.54) is 18.4 Å². The first kappa shape index (κ1) is 18.5. The molecule has 1 amide bonds. The number of amides is 1. The van der Waals surface area contributed by atoms with Crippen LogP contribution in [0.3, 0.4) is 0 Å². The molecule has 1 aliphatic rings. The van der Waals surface area contributed by atoms with Crippen LogP contribution in [-0.2, 0) is 11.3 Å². The van der Waals surface area contributed by atoms with Gasteiger partial charge in [0.15, 0.2) is 0 Å². The van der Waals surface area contributed by atoms with Crippen molar-refractivity contribution in [3.05, 3.63) is 54.4 Å². The fraction of sp³-hybridized carbons (Fsp3) is 0.391. The van der Waals surface area contributed by atoms with Crippen molar-refractivity contribution in [3.8, 4) is 5.75 Å². The lowest BCUT2D eigenvalue weighted by Crippen LogP contribution is -2.24. The van der Waals surface area contributed by atoms with Crippen LogP contribution in [0.4, 0.5) is 5.69 Å². The van der Waals surface area contributed by atoms with Gasteiger partial charge in [0.25, 0.3) is 0 Å². The van der Waals surface area contributed by atoms with Crippen LogP contribution in [0.15, 0.2) is 48.5 Å². The van der Waals surface area contributed by atoms with Crippen molar-refractivity contribution < 1.29 is 9.53 Å². The van der Waals surface area contributed by atoms with E-state index in [0.29, 0.717) is 13.0 Å². The summed E-state index contributed by atoms with van der Waals surface area (Å²) in [6.45, 7) is 3.84. The molecule has 146 valence electrons. The zero-order valence-corrected chi connectivity index (χ0v) is 16.6. The van der Waals surface area contributed by atoms with E-state index < -0.39 is 0 Å². The molecule has 0 unspecified atom stereocenters. The van der Waals surface area contributed by atoms with Crippen LogP contribution in [0.1, 0.15) is 44.3 Å². The van der Waals surface area contributed by atoms with Crippen LogP contribution in [0, 0.1) is 0 Å². The van der Waals surface area contributed by atoms with Crippen LogP contribution >= 0.6 is 0 Å². The zero-order valence-electron chi connectivity index (χ0n) is 16.6. The number of benzene rings is 2. The Bertz CT molecular complexity index is 962. The van der Waals surface area contributed by atoms with Gasteiger partial charge in [-0.15, -0.1) is 0 Å². The van der Waals surface area contributed by atoms with Gasteiger partial charge >= 0.3 is 0 Å². The molecule has 1 atom stereocenters. The highest BCUT2D eigenvalue weighted by Gasteiger charge is 2.34. The summed E-state index contributed by atoms with van der Waals surface area (Å²) in [4.78, 5) is 19.6. The zero-order chi connectivity index (χ0) is 19.5. The maximum absolute atomic E-state index is 12.8. The van der Waals surface area contributed by atoms with Gasteiger partial charge in [0, 0.05) is 31.1 Å². The quantitative estimate of drug-likeness (QED) is 0.558. The van der Waals surface area contributed by atoms with Crippen molar-refractivity contribution in [2.24, 2.45) is 0 Å². The van der Waals surface area contributed by atoms with E-state index in [1.54, 1.807) is 7.11 Å². The van der Waals surface area contributed by atoms with Crippen LogP contribution < -0.4 is 9.64 Å². The SMILES string of the molecule is CCCCCn1c([C@H]2CC(=O)N(c3ccc(OC)cc3)C2)nc2ccccc21. The van der Waals surface area contributed by atoms with Crippen molar-refractivity contribution in [3.63, 3.8) is 0 Å². The Hall–Kier alpha value is -2.82. The Morgan fingerprint density at radius 2 is 1.89 bits per heavy atom. The molecular formula is C23H27N3O2. The molecule has 1 saturated heterocycles. The van der Waals surface area contributed by atoms with Crippen molar-refractivity contribution in [1.29, 1.82) is 0 Å². The number of hydrogen-bond donors (Lipinski definition) is 0. The Kier molecular flexibility index (Phi) is 5.33. The summed E-state index contributed by atoms with van der Waals surface area (Å²) >= 11 is 0. The van der Waals surface area contributed by atoms with Gasteiger partial charge in [0.05, 0.1) is 18.1 Å². The molecular weight excluding hydrogens is 350 g/mol. The van der Waals surface area contributed by atoms with Gasteiger partial charge < -0.3 is 14.2 Å². The molecule has 4 rings (SSSR count). The molecule has 0 bridgehead atoms. The third-order valence-electron chi connectivity index (χ3n) is 5.54. The Morgan fingerprint density at radius 1 is 1.11 bits per heavy atom. The lowest BCUT2D eigenvalue weighted by atomic mass is 10.1. The maximum Gasteiger partial charge on any atom is 0.227 e. The number of ether oxygens (including phenoxy) is 1. The minimum Gasteiger partial charge on any atom is -0.497 e. The molecule has 28 heavy (non-hydrogen) atoms. The molecule has 2 heterocycles. The number of aromatic nitrogens is 2. The molecule has 2 aromatic carbocycles. The highest BCUT2D eigenvalue weighted by molar-refractivity contribution is 5.96. The van der Waals surface area contributed by atoms with E-state index in [9.17, 15) is 4.79 Å².